The van der Waals surface area contributed by atoms with E-state index in [2.05, 4.69) is 6.92 Å². The molecule has 2 atom stereocenters. The smallest absolute Gasteiger partial charge is 0.166 e. The Balaban J connectivity index is 3.33. The Hall–Kier alpha value is -1.20. The Bertz CT molecular complexity index is 526. The minimum atomic E-state index is -4.81. The molecule has 0 N–H and O–H groups in total. The van der Waals surface area contributed by atoms with Gasteiger partial charge in [-0.15, -0.1) is 0 Å². The van der Waals surface area contributed by atoms with Crippen LogP contribution < -0.4 is 0 Å². The molecule has 0 heterocycles. The van der Waals surface area contributed by atoms with Gasteiger partial charge in [0.05, 0.1) is 11.1 Å². The monoisotopic (exact) mass is 368 g/mol. The van der Waals surface area contributed by atoms with E-state index in [9.17, 15) is 26.3 Å². The van der Waals surface area contributed by atoms with Crippen molar-refractivity contribution in [2.75, 3.05) is 0 Å². The first-order valence-electron chi connectivity index (χ1n) is 8.64. The van der Waals surface area contributed by atoms with Gasteiger partial charge in [-0.3, -0.25) is 0 Å². The third kappa shape index (κ3) is 5.65. The molecule has 1 aromatic rings. The van der Waals surface area contributed by atoms with Gasteiger partial charge in [0.15, 0.2) is 0 Å². The topological polar surface area (TPSA) is 0 Å². The largest absolute Gasteiger partial charge is 0.416 e. The molecule has 0 aromatic heterocycles. The summed E-state index contributed by atoms with van der Waals surface area (Å²) in [4.78, 5) is 0. The summed E-state index contributed by atoms with van der Waals surface area (Å²) in [6.07, 6.45) is -5.22. The lowest BCUT2D eigenvalue weighted by molar-refractivity contribution is -0.143. The molecule has 0 aliphatic rings. The van der Waals surface area contributed by atoms with Crippen LogP contribution in [-0.2, 0) is 12.4 Å². The lowest BCUT2D eigenvalue weighted by Crippen LogP contribution is -2.24. The zero-order chi connectivity index (χ0) is 19.5. The molecule has 0 fully saturated rings. The van der Waals surface area contributed by atoms with Crippen LogP contribution in [0.5, 0.6) is 0 Å². The Morgan fingerprint density at radius 3 is 1.68 bits per heavy atom. The van der Waals surface area contributed by atoms with Gasteiger partial charge < -0.3 is 0 Å². The highest BCUT2D eigenvalue weighted by Gasteiger charge is 2.39. The van der Waals surface area contributed by atoms with Crippen molar-refractivity contribution in [1.82, 2.24) is 0 Å². The fraction of sp³-hybridized carbons (Fsp3) is 0.684. The van der Waals surface area contributed by atoms with E-state index in [1.54, 1.807) is 6.92 Å². The number of unbranched alkanes of at least 4 members (excludes halogenated alkanes) is 2. The molecule has 0 saturated heterocycles. The van der Waals surface area contributed by atoms with E-state index >= 15 is 0 Å². The van der Waals surface area contributed by atoms with Crippen LogP contribution in [0.4, 0.5) is 26.3 Å². The first kappa shape index (κ1) is 21.8. The zero-order valence-corrected chi connectivity index (χ0v) is 15.1. The number of benzene rings is 1. The van der Waals surface area contributed by atoms with Crippen molar-refractivity contribution in [1.29, 1.82) is 0 Å². The van der Waals surface area contributed by atoms with E-state index in [0.29, 0.717) is 6.42 Å². The van der Waals surface area contributed by atoms with Gasteiger partial charge in [-0.2, -0.15) is 26.3 Å². The van der Waals surface area contributed by atoms with Crippen LogP contribution in [0.15, 0.2) is 18.2 Å². The summed E-state index contributed by atoms with van der Waals surface area (Å²) >= 11 is 0. The number of halogens is 6. The highest BCUT2D eigenvalue weighted by molar-refractivity contribution is 5.36. The summed E-state index contributed by atoms with van der Waals surface area (Å²) in [5.74, 6) is -0.405. The maximum atomic E-state index is 13.1. The van der Waals surface area contributed by atoms with Crippen molar-refractivity contribution >= 4 is 0 Å². The van der Waals surface area contributed by atoms with Crippen LogP contribution in [0.3, 0.4) is 0 Å². The Kier molecular flexibility index (Phi) is 6.99. The Morgan fingerprint density at radius 1 is 0.840 bits per heavy atom. The molecule has 6 heteroatoms. The average Bonchev–Trinajstić information content (AvgIpc) is 2.52. The second kappa shape index (κ2) is 8.00. The normalized spacial score (nSPS) is 16.6. The molecule has 0 nitrogen and oxygen atoms in total. The first-order valence-corrected chi connectivity index (χ1v) is 8.64. The third-order valence-electron chi connectivity index (χ3n) is 5.31. The van der Waals surface area contributed by atoms with Crippen molar-refractivity contribution < 1.29 is 26.3 Å². The van der Waals surface area contributed by atoms with E-state index in [4.69, 9.17) is 0 Å². The van der Waals surface area contributed by atoms with Crippen LogP contribution in [0, 0.1) is 5.41 Å². The van der Waals surface area contributed by atoms with E-state index in [1.165, 1.54) is 0 Å². The van der Waals surface area contributed by atoms with Crippen LogP contribution in [0.25, 0.3) is 0 Å². The second-order valence-corrected chi connectivity index (χ2v) is 7.03. The molecule has 1 aromatic carbocycles. The highest BCUT2D eigenvalue weighted by Crippen LogP contribution is 2.45. The predicted molar refractivity (Wildman–Crippen MR) is 87.4 cm³/mol. The van der Waals surface area contributed by atoms with Gasteiger partial charge in [-0.1, -0.05) is 53.4 Å². The van der Waals surface area contributed by atoms with Gasteiger partial charge in [0.1, 0.15) is 0 Å². The number of rotatable bonds is 7. The third-order valence-corrected chi connectivity index (χ3v) is 5.31. The standard InChI is InChI=1S/C19H26F6/c1-5-7-8-9-17(4,6-2)13(3)14-10-15(18(20,21)22)12-16(11-14)19(23,24)25/h10-13H,5-9H2,1-4H3. The quantitative estimate of drug-likeness (QED) is 0.340. The lowest BCUT2D eigenvalue weighted by atomic mass is 9.69. The molecule has 0 aliphatic carbocycles. The van der Waals surface area contributed by atoms with Gasteiger partial charge in [-0.05, 0) is 41.5 Å². The molecule has 0 amide bonds. The molecule has 0 spiro atoms. The maximum Gasteiger partial charge on any atom is 0.416 e. The van der Waals surface area contributed by atoms with Crippen molar-refractivity contribution in [3.05, 3.63) is 34.9 Å². The summed E-state index contributed by atoms with van der Waals surface area (Å²) in [5, 5.41) is 0. The number of alkyl halides is 6. The van der Waals surface area contributed by atoms with Crippen LogP contribution in [0.2, 0.25) is 0 Å². The molecule has 2 unspecified atom stereocenters. The van der Waals surface area contributed by atoms with Crippen LogP contribution >= 0.6 is 0 Å². The van der Waals surface area contributed by atoms with Gasteiger partial charge in [0, 0.05) is 0 Å². The van der Waals surface area contributed by atoms with Crippen molar-refractivity contribution in [2.24, 2.45) is 5.41 Å². The summed E-state index contributed by atoms with van der Waals surface area (Å²) in [5.41, 5.74) is -2.72. The van der Waals surface area contributed by atoms with Gasteiger partial charge >= 0.3 is 12.4 Å². The molecular weight excluding hydrogens is 342 g/mol. The van der Waals surface area contributed by atoms with Crippen molar-refractivity contribution in [3.63, 3.8) is 0 Å². The number of hydrogen-bond acceptors (Lipinski definition) is 0. The fourth-order valence-corrected chi connectivity index (χ4v) is 3.11. The van der Waals surface area contributed by atoms with Crippen LogP contribution in [0.1, 0.15) is 82.4 Å². The second-order valence-electron chi connectivity index (χ2n) is 7.03. The Morgan fingerprint density at radius 2 is 1.32 bits per heavy atom. The zero-order valence-electron chi connectivity index (χ0n) is 15.1. The minimum absolute atomic E-state index is 0.1000. The predicted octanol–water partition coefficient (Wildman–Crippen LogP) is 7.82. The highest BCUT2D eigenvalue weighted by atomic mass is 19.4. The van der Waals surface area contributed by atoms with E-state index in [0.717, 1.165) is 37.8 Å². The van der Waals surface area contributed by atoms with E-state index < -0.39 is 29.4 Å². The first-order chi connectivity index (χ1) is 11.3. The molecule has 0 saturated carbocycles. The van der Waals surface area contributed by atoms with Gasteiger partial charge in [0.2, 0.25) is 0 Å². The molecule has 144 valence electrons. The average molecular weight is 368 g/mol. The fourth-order valence-electron chi connectivity index (χ4n) is 3.11. The minimum Gasteiger partial charge on any atom is -0.166 e. The van der Waals surface area contributed by atoms with Gasteiger partial charge in [0.25, 0.3) is 0 Å². The molecule has 0 aliphatic heterocycles. The lowest BCUT2D eigenvalue weighted by Gasteiger charge is -2.36. The summed E-state index contributed by atoms with van der Waals surface area (Å²) in [6.45, 7) is 7.65. The van der Waals surface area contributed by atoms with Crippen LogP contribution in [-0.4, -0.2) is 0 Å². The molecule has 0 bridgehead atoms. The van der Waals surface area contributed by atoms with Crippen molar-refractivity contribution in [2.45, 2.75) is 78.1 Å². The SMILES string of the molecule is CCCCCC(C)(CC)C(C)c1cc(C(F)(F)F)cc(C(F)(F)F)c1. The Labute approximate surface area is 145 Å². The summed E-state index contributed by atoms with van der Waals surface area (Å²) in [7, 11) is 0. The van der Waals surface area contributed by atoms with Gasteiger partial charge in [-0.25, -0.2) is 0 Å². The molecule has 25 heavy (non-hydrogen) atoms. The van der Waals surface area contributed by atoms with E-state index in [1.807, 2.05) is 13.8 Å². The maximum absolute atomic E-state index is 13.1. The summed E-state index contributed by atoms with van der Waals surface area (Å²) < 4.78 is 78.4. The molecule has 1 rings (SSSR count). The molecule has 0 radical (unpaired) electrons. The van der Waals surface area contributed by atoms with E-state index in [-0.39, 0.29) is 17.0 Å². The van der Waals surface area contributed by atoms with Crippen molar-refractivity contribution in [3.8, 4) is 0 Å². The number of hydrogen-bond donors (Lipinski definition) is 0. The molecular formula is C19H26F6. The summed E-state index contributed by atoms with van der Waals surface area (Å²) in [6, 6.07) is 1.93.